The molecule has 3 nitrogen and oxygen atoms in total. The van der Waals surface area contributed by atoms with Crippen molar-refractivity contribution in [1.82, 2.24) is 0 Å². The first kappa shape index (κ1) is 18.6. The summed E-state index contributed by atoms with van der Waals surface area (Å²) in [5.74, 6) is 0. The van der Waals surface area contributed by atoms with Crippen LogP contribution in [0.4, 0.5) is 0 Å². The van der Waals surface area contributed by atoms with E-state index < -0.39 is 10.1 Å². The topological polar surface area (TPSA) is 54.4 Å². The van der Waals surface area contributed by atoms with Gasteiger partial charge in [-0.25, -0.2) is 0 Å². The van der Waals surface area contributed by atoms with Gasteiger partial charge in [-0.1, -0.05) is 49.7 Å². The van der Waals surface area contributed by atoms with E-state index in [0.29, 0.717) is 5.39 Å². The summed E-state index contributed by atoms with van der Waals surface area (Å²) < 4.78 is 31.0. The predicted molar refractivity (Wildman–Crippen MR) is 74.0 cm³/mol. The maximum atomic E-state index is 11.0. The van der Waals surface area contributed by atoms with Crippen molar-refractivity contribution in [2.24, 2.45) is 0 Å². The zero-order valence-electron chi connectivity index (χ0n) is 11.3. The molecule has 0 aliphatic rings. The molecule has 0 fully saturated rings. The maximum absolute atomic E-state index is 11.0. The molecular formula is C14H17NaO3S. The average Bonchev–Trinajstić information content (AvgIpc) is 2.37. The fourth-order valence-corrected chi connectivity index (χ4v) is 2.13. The molecule has 2 aromatic carbocycles. The Bertz CT molecular complexity index is 602. The van der Waals surface area contributed by atoms with Crippen molar-refractivity contribution in [1.29, 1.82) is 0 Å². The van der Waals surface area contributed by atoms with E-state index in [-0.39, 0.29) is 34.5 Å². The van der Waals surface area contributed by atoms with Gasteiger partial charge in [0.2, 0.25) is 0 Å². The fraction of sp³-hybridized carbons (Fsp3) is 0.214. The van der Waals surface area contributed by atoms with Crippen molar-refractivity contribution in [3.63, 3.8) is 0 Å². The van der Waals surface area contributed by atoms with Crippen molar-refractivity contribution in [3.8, 4) is 0 Å². The van der Waals surface area contributed by atoms with Crippen LogP contribution in [0.15, 0.2) is 47.4 Å². The van der Waals surface area contributed by atoms with Gasteiger partial charge < -0.3 is 6.92 Å². The molecule has 1 N–H and O–H groups in total. The van der Waals surface area contributed by atoms with Gasteiger partial charge in [0.1, 0.15) is 4.90 Å². The summed E-state index contributed by atoms with van der Waals surface area (Å²) in [5, 5.41) is 1.33. The molecule has 98 valence electrons. The third-order valence-electron chi connectivity index (χ3n) is 2.38. The second kappa shape index (κ2) is 8.72. The molecule has 19 heavy (non-hydrogen) atoms. The standard InChI is InChI=1S/C10H8O3S.C4H9.Na/c11-14(12,13)10-7-3-5-8-4-1-2-6-9(8)10;1-3-4-2;/h1-7H,(H,11,12,13);1,3-4H2,2H3;/q;-1;+1. The van der Waals surface area contributed by atoms with E-state index in [1.807, 2.05) is 6.07 Å². The quantitative estimate of drug-likeness (QED) is 0.503. The first-order valence-electron chi connectivity index (χ1n) is 5.75. The third kappa shape index (κ3) is 5.63. The van der Waals surface area contributed by atoms with Crippen LogP contribution in [-0.2, 0) is 10.1 Å². The van der Waals surface area contributed by atoms with Gasteiger partial charge in [-0.15, -0.1) is 0 Å². The molecule has 0 radical (unpaired) electrons. The molecule has 5 heteroatoms. The van der Waals surface area contributed by atoms with E-state index in [2.05, 4.69) is 13.8 Å². The second-order valence-corrected chi connectivity index (χ2v) is 5.20. The summed E-state index contributed by atoms with van der Waals surface area (Å²) in [6, 6.07) is 11.8. The summed E-state index contributed by atoms with van der Waals surface area (Å²) in [6.45, 7) is 5.72. The van der Waals surface area contributed by atoms with Crippen LogP contribution >= 0.6 is 0 Å². The van der Waals surface area contributed by atoms with Crippen LogP contribution in [0, 0.1) is 6.92 Å². The molecular weight excluding hydrogens is 271 g/mol. The first-order valence-corrected chi connectivity index (χ1v) is 7.19. The molecule has 0 saturated carbocycles. The average molecular weight is 288 g/mol. The first-order chi connectivity index (χ1) is 8.50. The van der Waals surface area contributed by atoms with Gasteiger partial charge in [0.15, 0.2) is 0 Å². The Morgan fingerprint density at radius 3 is 2.16 bits per heavy atom. The minimum absolute atomic E-state index is 0. The van der Waals surface area contributed by atoms with Crippen molar-refractivity contribution in [2.75, 3.05) is 0 Å². The number of hydrogen-bond donors (Lipinski definition) is 1. The van der Waals surface area contributed by atoms with Crippen LogP contribution in [0.2, 0.25) is 0 Å². The number of hydrogen-bond acceptors (Lipinski definition) is 2. The molecule has 0 bridgehead atoms. The minimum atomic E-state index is -4.13. The summed E-state index contributed by atoms with van der Waals surface area (Å²) in [4.78, 5) is -0.0457. The van der Waals surface area contributed by atoms with Crippen LogP contribution in [0.25, 0.3) is 10.8 Å². The molecule has 2 aromatic rings. The van der Waals surface area contributed by atoms with Crippen LogP contribution in [0.1, 0.15) is 19.8 Å². The van der Waals surface area contributed by atoms with Gasteiger partial charge in [0.05, 0.1) is 0 Å². The summed E-state index contributed by atoms with van der Waals surface area (Å²) in [7, 11) is -4.13. The van der Waals surface area contributed by atoms with E-state index in [0.717, 1.165) is 11.8 Å². The van der Waals surface area contributed by atoms with Crippen molar-refractivity contribution in [2.45, 2.75) is 24.7 Å². The van der Waals surface area contributed by atoms with Crippen molar-refractivity contribution >= 4 is 20.9 Å². The molecule has 0 saturated heterocycles. The van der Waals surface area contributed by atoms with Gasteiger partial charge in [-0.05, 0) is 11.5 Å². The number of benzene rings is 2. The Balaban J connectivity index is 0.000000576. The van der Waals surface area contributed by atoms with E-state index in [1.54, 1.807) is 30.3 Å². The van der Waals surface area contributed by atoms with E-state index in [9.17, 15) is 8.42 Å². The van der Waals surface area contributed by atoms with Crippen LogP contribution in [0.5, 0.6) is 0 Å². The molecule has 0 spiro atoms. The van der Waals surface area contributed by atoms with Gasteiger partial charge in [-0.3, -0.25) is 4.55 Å². The Labute approximate surface area is 137 Å². The van der Waals surface area contributed by atoms with E-state index >= 15 is 0 Å². The molecule has 0 heterocycles. The van der Waals surface area contributed by atoms with Gasteiger partial charge >= 0.3 is 29.6 Å². The Morgan fingerprint density at radius 1 is 1.11 bits per heavy atom. The van der Waals surface area contributed by atoms with Crippen LogP contribution < -0.4 is 29.6 Å². The Hall–Kier alpha value is -0.390. The molecule has 0 atom stereocenters. The molecule has 0 aliphatic heterocycles. The van der Waals surface area contributed by atoms with Gasteiger partial charge in [0.25, 0.3) is 10.1 Å². The normalized spacial score (nSPS) is 10.3. The molecule has 0 aromatic heterocycles. The fourth-order valence-electron chi connectivity index (χ4n) is 1.42. The zero-order valence-corrected chi connectivity index (χ0v) is 14.2. The SMILES string of the molecule is O=S(=O)(O)c1cccc2ccccc12.[CH2-]CCC.[Na+]. The van der Waals surface area contributed by atoms with E-state index in [4.69, 9.17) is 4.55 Å². The smallest absolute Gasteiger partial charge is 0.343 e. The number of unbranched alkanes of at least 4 members (excludes halogenated alkanes) is 1. The summed E-state index contributed by atoms with van der Waals surface area (Å²) in [5.41, 5.74) is 0. The van der Waals surface area contributed by atoms with Crippen molar-refractivity contribution in [3.05, 3.63) is 49.4 Å². The number of rotatable bonds is 2. The van der Waals surface area contributed by atoms with E-state index in [1.165, 1.54) is 12.5 Å². The third-order valence-corrected chi connectivity index (χ3v) is 3.29. The predicted octanol–water partition coefficient (Wildman–Crippen LogP) is 0.711. The van der Waals surface area contributed by atoms with Gasteiger partial charge in [-0.2, -0.15) is 14.8 Å². The summed E-state index contributed by atoms with van der Waals surface area (Å²) >= 11 is 0. The number of fused-ring (bicyclic) bond motifs is 1. The zero-order chi connectivity index (χ0) is 13.6. The molecule has 2 rings (SSSR count). The Morgan fingerprint density at radius 2 is 1.63 bits per heavy atom. The molecule has 0 aliphatic carbocycles. The maximum Gasteiger partial charge on any atom is 1.00 e. The largest absolute Gasteiger partial charge is 1.00 e. The van der Waals surface area contributed by atoms with Crippen LogP contribution in [0.3, 0.4) is 0 Å². The second-order valence-electron chi connectivity index (χ2n) is 3.81. The van der Waals surface area contributed by atoms with Gasteiger partial charge in [0, 0.05) is 5.39 Å². The molecule has 0 unspecified atom stereocenters. The monoisotopic (exact) mass is 288 g/mol. The van der Waals surface area contributed by atoms with Crippen molar-refractivity contribution < 1.29 is 42.5 Å². The molecule has 0 amide bonds. The summed E-state index contributed by atoms with van der Waals surface area (Å²) in [6.07, 6.45) is 2.28. The van der Waals surface area contributed by atoms with Crippen LogP contribution in [-0.4, -0.2) is 13.0 Å². The Kier molecular flexibility index (Phi) is 8.54. The minimum Gasteiger partial charge on any atom is -0.343 e.